The van der Waals surface area contributed by atoms with Crippen LogP contribution in [-0.2, 0) is 5.75 Å². The normalized spacial score (nSPS) is 11.6. The fourth-order valence-corrected chi connectivity index (χ4v) is 4.20. The molecule has 0 bridgehead atoms. The van der Waals surface area contributed by atoms with Gasteiger partial charge in [0, 0.05) is 15.5 Å². The number of carbonyl (C=O) groups excluding carboxylic acids is 1. The van der Waals surface area contributed by atoms with Crippen molar-refractivity contribution in [2.45, 2.75) is 24.5 Å². The van der Waals surface area contributed by atoms with Gasteiger partial charge in [0.15, 0.2) is 5.69 Å². The van der Waals surface area contributed by atoms with E-state index in [1.807, 2.05) is 55.6 Å². The van der Waals surface area contributed by atoms with E-state index in [1.54, 1.807) is 0 Å². The van der Waals surface area contributed by atoms with Gasteiger partial charge < -0.3 is 5.73 Å². The number of hydrogen-bond acceptors (Lipinski definition) is 10. The Morgan fingerprint density at radius 1 is 1.29 bits per heavy atom. The van der Waals surface area contributed by atoms with Crippen LogP contribution in [0.5, 0.6) is 0 Å². The number of amides is 1. The van der Waals surface area contributed by atoms with Gasteiger partial charge in [0.25, 0.3) is 5.91 Å². The zero-order valence-electron chi connectivity index (χ0n) is 16.6. The lowest BCUT2D eigenvalue weighted by molar-refractivity contribution is 0.0949. The maximum Gasteiger partial charge on any atom is 0.293 e. The van der Waals surface area contributed by atoms with E-state index in [9.17, 15) is 4.79 Å². The van der Waals surface area contributed by atoms with Gasteiger partial charge in [0.05, 0.1) is 11.4 Å². The van der Waals surface area contributed by atoms with Crippen LogP contribution in [0.4, 0.5) is 5.82 Å². The molecule has 0 radical (unpaired) electrons. The highest BCUT2D eigenvalue weighted by Gasteiger charge is 2.24. The van der Waals surface area contributed by atoms with Crippen molar-refractivity contribution in [1.82, 2.24) is 30.7 Å². The molecule has 0 aliphatic heterocycles. The molecule has 3 heterocycles. The van der Waals surface area contributed by atoms with E-state index in [2.05, 4.69) is 35.8 Å². The molecule has 0 aliphatic carbocycles. The average molecular weight is 455 g/mol. The third-order valence-corrected chi connectivity index (χ3v) is 6.28. The second-order valence-electron chi connectivity index (χ2n) is 6.49. The molecule has 0 atom stereocenters. The lowest BCUT2D eigenvalue weighted by Gasteiger charge is -2.06. The number of hydrazone groups is 1. The highest BCUT2D eigenvalue weighted by Crippen LogP contribution is 2.26. The number of nitrogen functional groups attached to an aromatic ring is 1. The Kier molecular flexibility index (Phi) is 6.09. The van der Waals surface area contributed by atoms with Gasteiger partial charge in [0.1, 0.15) is 0 Å². The summed E-state index contributed by atoms with van der Waals surface area (Å²) in [5, 5.41) is 21.6. The Morgan fingerprint density at radius 2 is 2.10 bits per heavy atom. The third-order valence-electron chi connectivity index (χ3n) is 4.27. The highest BCUT2D eigenvalue weighted by atomic mass is 32.2. The molecule has 4 aromatic rings. The van der Waals surface area contributed by atoms with Crippen LogP contribution in [0.15, 0.2) is 56.4 Å². The van der Waals surface area contributed by atoms with E-state index in [0.717, 1.165) is 15.3 Å². The molecular formula is C19H18N8O2S2. The van der Waals surface area contributed by atoms with E-state index in [4.69, 9.17) is 5.73 Å². The zero-order chi connectivity index (χ0) is 21.8. The van der Waals surface area contributed by atoms with Crippen LogP contribution in [-0.4, -0.2) is 36.9 Å². The molecule has 0 fully saturated rings. The van der Waals surface area contributed by atoms with Crippen molar-refractivity contribution in [3.8, 4) is 5.82 Å². The number of rotatable bonds is 7. The van der Waals surface area contributed by atoms with Crippen LogP contribution in [0.3, 0.4) is 0 Å². The minimum Gasteiger partial charge on any atom is -0.378 e. The summed E-state index contributed by atoms with van der Waals surface area (Å²) in [5.41, 5.74) is 10.8. The second-order valence-corrected chi connectivity index (χ2v) is 8.48. The number of benzene rings is 1. The Bertz CT molecular complexity index is 1210. The number of nitrogens with zero attached hydrogens (tertiary/aromatic N) is 6. The molecule has 12 heteroatoms. The quantitative estimate of drug-likeness (QED) is 0.247. The topological polar surface area (TPSA) is 137 Å². The van der Waals surface area contributed by atoms with Crippen LogP contribution in [0, 0.1) is 6.92 Å². The van der Waals surface area contributed by atoms with Crippen molar-refractivity contribution in [2.75, 3.05) is 5.73 Å². The molecule has 31 heavy (non-hydrogen) atoms. The molecule has 10 nitrogen and oxygen atoms in total. The number of thioether (sulfide) groups is 1. The van der Waals surface area contributed by atoms with E-state index in [0.29, 0.717) is 17.2 Å². The molecule has 0 saturated carbocycles. The summed E-state index contributed by atoms with van der Waals surface area (Å²) in [6.45, 7) is 3.84. The third kappa shape index (κ3) is 4.64. The summed E-state index contributed by atoms with van der Waals surface area (Å²) in [6, 6.07) is 11.9. The minimum atomic E-state index is -0.489. The van der Waals surface area contributed by atoms with E-state index >= 15 is 0 Å². The van der Waals surface area contributed by atoms with Crippen molar-refractivity contribution in [1.29, 1.82) is 0 Å². The van der Waals surface area contributed by atoms with Crippen LogP contribution >= 0.6 is 23.1 Å². The molecule has 158 valence electrons. The number of hydrogen-bond donors (Lipinski definition) is 2. The zero-order valence-corrected chi connectivity index (χ0v) is 18.3. The molecule has 0 aliphatic rings. The van der Waals surface area contributed by atoms with Crippen molar-refractivity contribution < 1.29 is 9.42 Å². The first-order chi connectivity index (χ1) is 15.0. The Hall–Kier alpha value is -3.51. The summed E-state index contributed by atoms with van der Waals surface area (Å²) in [5.74, 6) is 0.115. The monoisotopic (exact) mass is 454 g/mol. The first-order valence-electron chi connectivity index (χ1n) is 9.14. The Balaban J connectivity index is 1.61. The number of aromatic nitrogens is 5. The van der Waals surface area contributed by atoms with Gasteiger partial charge in [0.2, 0.25) is 11.6 Å². The molecule has 4 rings (SSSR count). The molecular weight excluding hydrogens is 436 g/mol. The predicted octanol–water partition coefficient (Wildman–Crippen LogP) is 3.05. The van der Waals surface area contributed by atoms with Crippen LogP contribution in [0.1, 0.15) is 33.5 Å². The van der Waals surface area contributed by atoms with Crippen molar-refractivity contribution in [2.24, 2.45) is 5.10 Å². The molecule has 1 amide bonds. The largest absolute Gasteiger partial charge is 0.378 e. The molecule has 1 aromatic carbocycles. The van der Waals surface area contributed by atoms with E-state index in [1.165, 1.54) is 27.8 Å². The number of nitrogens with one attached hydrogen (secondary N) is 1. The van der Waals surface area contributed by atoms with Crippen LogP contribution < -0.4 is 11.2 Å². The molecule has 0 unspecified atom stereocenters. The van der Waals surface area contributed by atoms with Crippen molar-refractivity contribution >= 4 is 40.5 Å². The first kappa shape index (κ1) is 20.8. The van der Waals surface area contributed by atoms with Crippen molar-refractivity contribution in [3.63, 3.8) is 0 Å². The summed E-state index contributed by atoms with van der Waals surface area (Å²) in [4.78, 5) is 14.8. The standard InChI is InChI=1S/C19H18N8O2S2/c1-11-5-7-13(8-6-11)31-10-14-16(22-26-27(14)18-17(20)24-29-25-18)19(28)23-21-12(2)15-4-3-9-30-15/h3-9H,10H2,1-2H3,(H2,20,24)(H,23,28)/b21-12-. The predicted molar refractivity (Wildman–Crippen MR) is 118 cm³/mol. The van der Waals surface area contributed by atoms with Crippen LogP contribution in [0.2, 0.25) is 0 Å². The number of carbonyl (C=O) groups is 1. The smallest absolute Gasteiger partial charge is 0.293 e. The second kappa shape index (κ2) is 9.10. The Labute approximate surface area is 185 Å². The van der Waals surface area contributed by atoms with Gasteiger partial charge in [-0.3, -0.25) is 4.79 Å². The number of aryl methyl sites for hydroxylation is 1. The summed E-state index contributed by atoms with van der Waals surface area (Å²) < 4.78 is 6.04. The molecule has 3 aromatic heterocycles. The van der Waals surface area contributed by atoms with E-state index < -0.39 is 5.91 Å². The molecule has 3 N–H and O–H groups in total. The van der Waals surface area contributed by atoms with Gasteiger partial charge in [-0.1, -0.05) is 29.0 Å². The summed E-state index contributed by atoms with van der Waals surface area (Å²) in [7, 11) is 0. The SMILES string of the molecule is C/C(=N/NC(=O)c1nnn(-c2nonc2N)c1CSc1ccc(C)cc1)c1cccs1. The van der Waals surface area contributed by atoms with Gasteiger partial charge in [-0.2, -0.15) is 9.78 Å². The summed E-state index contributed by atoms with van der Waals surface area (Å²) in [6.07, 6.45) is 0. The van der Waals surface area contributed by atoms with Gasteiger partial charge in [-0.15, -0.1) is 28.2 Å². The fourth-order valence-electron chi connectivity index (χ4n) is 2.63. The first-order valence-corrected chi connectivity index (χ1v) is 11.0. The minimum absolute atomic E-state index is 0.0463. The fraction of sp³-hybridized carbons (Fsp3) is 0.158. The van der Waals surface area contributed by atoms with Crippen LogP contribution in [0.25, 0.3) is 5.82 Å². The van der Waals surface area contributed by atoms with Crippen molar-refractivity contribution in [3.05, 3.63) is 63.6 Å². The maximum absolute atomic E-state index is 12.8. The average Bonchev–Trinajstić information content (AvgIpc) is 3.52. The number of anilines is 1. The molecule has 0 saturated heterocycles. The lowest BCUT2D eigenvalue weighted by atomic mass is 10.2. The van der Waals surface area contributed by atoms with Gasteiger partial charge >= 0.3 is 0 Å². The van der Waals surface area contributed by atoms with Gasteiger partial charge in [-0.05, 0) is 47.7 Å². The van der Waals surface area contributed by atoms with E-state index in [-0.39, 0.29) is 17.3 Å². The number of thiophene rings is 1. The maximum atomic E-state index is 12.8. The molecule has 0 spiro atoms. The number of nitrogens with two attached hydrogens (primary N) is 1. The Morgan fingerprint density at radius 3 is 2.77 bits per heavy atom. The highest BCUT2D eigenvalue weighted by molar-refractivity contribution is 7.98. The van der Waals surface area contributed by atoms with Gasteiger partial charge in [-0.25, -0.2) is 10.1 Å². The lowest BCUT2D eigenvalue weighted by Crippen LogP contribution is -2.21. The summed E-state index contributed by atoms with van der Waals surface area (Å²) >= 11 is 3.06.